The highest BCUT2D eigenvalue weighted by molar-refractivity contribution is 7.99. The second kappa shape index (κ2) is 5.99. The van der Waals surface area contributed by atoms with Crippen LogP contribution in [0.15, 0.2) is 35.2 Å². The summed E-state index contributed by atoms with van der Waals surface area (Å²) in [7, 11) is 0. The Morgan fingerprint density at radius 3 is 2.63 bits per heavy atom. The van der Waals surface area contributed by atoms with Gasteiger partial charge in [0, 0.05) is 6.54 Å². The number of thioether (sulfide) groups is 1. The lowest BCUT2D eigenvalue weighted by atomic mass is 10.2. The average molecular weight is 293 g/mol. The molecule has 0 radical (unpaired) electrons. The number of amides is 1. The van der Waals surface area contributed by atoms with Crippen LogP contribution in [-0.2, 0) is 6.54 Å². The van der Waals surface area contributed by atoms with Gasteiger partial charge in [-0.3, -0.25) is 4.79 Å². The predicted octanol–water partition coefficient (Wildman–Crippen LogP) is 2.76. The van der Waals surface area contributed by atoms with Gasteiger partial charge in [0.2, 0.25) is 0 Å². The number of thiophene rings is 1. The highest BCUT2D eigenvalue weighted by Gasteiger charge is 2.18. The van der Waals surface area contributed by atoms with Crippen molar-refractivity contribution >= 4 is 39.7 Å². The molecule has 4 nitrogen and oxygen atoms in total. The van der Waals surface area contributed by atoms with Gasteiger partial charge < -0.3 is 16.8 Å². The Morgan fingerprint density at radius 1 is 1.37 bits per heavy atom. The van der Waals surface area contributed by atoms with Crippen molar-refractivity contribution < 1.29 is 4.79 Å². The highest BCUT2D eigenvalue weighted by atomic mass is 32.2. The zero-order valence-corrected chi connectivity index (χ0v) is 12.1. The number of rotatable bonds is 5. The van der Waals surface area contributed by atoms with Gasteiger partial charge in [0.15, 0.2) is 0 Å². The van der Waals surface area contributed by atoms with Crippen molar-refractivity contribution in [1.82, 2.24) is 0 Å². The molecule has 0 bridgehead atoms. The van der Waals surface area contributed by atoms with Crippen LogP contribution in [0.5, 0.6) is 0 Å². The van der Waals surface area contributed by atoms with Gasteiger partial charge in [0.25, 0.3) is 5.91 Å². The molecule has 0 spiro atoms. The van der Waals surface area contributed by atoms with Gasteiger partial charge in [-0.15, -0.1) is 23.1 Å². The van der Waals surface area contributed by atoms with E-state index < -0.39 is 5.91 Å². The summed E-state index contributed by atoms with van der Waals surface area (Å²) < 4.78 is 0. The van der Waals surface area contributed by atoms with Gasteiger partial charge in [0.05, 0.1) is 10.6 Å². The molecular formula is C13H15N3OS2. The SMILES string of the molecule is CSc1c(NCc2ccccc2)sc(C(N)=O)c1N. The Labute approximate surface area is 120 Å². The van der Waals surface area contributed by atoms with Gasteiger partial charge >= 0.3 is 0 Å². The molecule has 2 aromatic rings. The summed E-state index contributed by atoms with van der Waals surface area (Å²) in [5.41, 5.74) is 12.9. The monoisotopic (exact) mass is 293 g/mol. The van der Waals surface area contributed by atoms with Crippen molar-refractivity contribution in [3.05, 3.63) is 40.8 Å². The molecule has 19 heavy (non-hydrogen) atoms. The largest absolute Gasteiger partial charge is 0.396 e. The number of carbonyl (C=O) groups is 1. The van der Waals surface area contributed by atoms with E-state index in [1.807, 2.05) is 36.6 Å². The Morgan fingerprint density at radius 2 is 2.05 bits per heavy atom. The van der Waals surface area contributed by atoms with Gasteiger partial charge in [-0.1, -0.05) is 30.3 Å². The van der Waals surface area contributed by atoms with E-state index in [1.165, 1.54) is 28.7 Å². The van der Waals surface area contributed by atoms with Gasteiger partial charge in [-0.25, -0.2) is 0 Å². The molecule has 0 fully saturated rings. The fraction of sp³-hybridized carbons (Fsp3) is 0.154. The number of anilines is 2. The Kier molecular flexibility index (Phi) is 4.34. The van der Waals surface area contributed by atoms with Crippen molar-refractivity contribution in [3.63, 3.8) is 0 Å². The summed E-state index contributed by atoms with van der Waals surface area (Å²) in [6.45, 7) is 0.687. The summed E-state index contributed by atoms with van der Waals surface area (Å²) in [4.78, 5) is 12.6. The minimum atomic E-state index is -0.481. The van der Waals surface area contributed by atoms with E-state index in [0.29, 0.717) is 17.1 Å². The standard InChI is InChI=1S/C13H15N3OS2/c1-18-11-9(14)10(12(15)17)19-13(11)16-7-8-5-3-2-4-6-8/h2-6,16H,7,14H2,1H3,(H2,15,17). The number of carbonyl (C=O) groups excluding carboxylic acids is 1. The summed E-state index contributed by atoms with van der Waals surface area (Å²) in [6.07, 6.45) is 1.93. The zero-order chi connectivity index (χ0) is 13.8. The number of nitrogen functional groups attached to an aromatic ring is 1. The molecule has 0 aliphatic rings. The Bertz CT molecular complexity index is 581. The van der Waals surface area contributed by atoms with E-state index >= 15 is 0 Å². The first kappa shape index (κ1) is 13.8. The molecule has 0 atom stereocenters. The van der Waals surface area contributed by atoms with Gasteiger partial charge in [0.1, 0.15) is 9.88 Å². The maximum atomic E-state index is 11.3. The van der Waals surface area contributed by atoms with E-state index in [2.05, 4.69) is 5.32 Å². The first-order valence-electron chi connectivity index (χ1n) is 5.67. The van der Waals surface area contributed by atoms with Crippen LogP contribution in [0.1, 0.15) is 15.2 Å². The summed E-state index contributed by atoms with van der Waals surface area (Å²) in [5.74, 6) is -0.481. The topological polar surface area (TPSA) is 81.1 Å². The number of nitrogens with two attached hydrogens (primary N) is 2. The predicted molar refractivity (Wildman–Crippen MR) is 82.8 cm³/mol. The van der Waals surface area contributed by atoms with Crippen LogP contribution in [0.3, 0.4) is 0 Å². The fourth-order valence-electron chi connectivity index (χ4n) is 1.71. The zero-order valence-electron chi connectivity index (χ0n) is 10.5. The van der Waals surface area contributed by atoms with Crippen molar-refractivity contribution in [2.24, 2.45) is 5.73 Å². The third kappa shape index (κ3) is 3.02. The summed E-state index contributed by atoms with van der Waals surface area (Å²) in [5, 5.41) is 4.20. The number of hydrogen-bond donors (Lipinski definition) is 3. The van der Waals surface area contributed by atoms with E-state index in [-0.39, 0.29) is 0 Å². The van der Waals surface area contributed by atoms with Crippen molar-refractivity contribution in [1.29, 1.82) is 0 Å². The van der Waals surface area contributed by atoms with Crippen LogP contribution >= 0.6 is 23.1 Å². The smallest absolute Gasteiger partial charge is 0.261 e. The molecule has 100 valence electrons. The van der Waals surface area contributed by atoms with E-state index in [1.54, 1.807) is 0 Å². The third-order valence-corrected chi connectivity index (χ3v) is 4.76. The van der Waals surface area contributed by atoms with Crippen LogP contribution in [0.25, 0.3) is 0 Å². The second-order valence-corrected chi connectivity index (χ2v) is 5.75. The van der Waals surface area contributed by atoms with Crippen LogP contribution in [0, 0.1) is 0 Å². The maximum Gasteiger partial charge on any atom is 0.261 e. The Hall–Kier alpha value is -1.66. The highest BCUT2D eigenvalue weighted by Crippen LogP contribution is 2.41. The molecule has 0 unspecified atom stereocenters. The molecule has 5 N–H and O–H groups in total. The van der Waals surface area contributed by atoms with Crippen molar-refractivity contribution in [3.8, 4) is 0 Å². The molecule has 1 aromatic heterocycles. The lowest BCUT2D eigenvalue weighted by molar-refractivity contribution is 0.100. The lowest BCUT2D eigenvalue weighted by Gasteiger charge is -2.06. The quantitative estimate of drug-likeness (QED) is 0.740. The molecular weight excluding hydrogens is 278 g/mol. The molecule has 0 aliphatic heterocycles. The number of hydrogen-bond acceptors (Lipinski definition) is 5. The molecule has 1 amide bonds. The molecule has 0 saturated heterocycles. The molecule has 6 heteroatoms. The van der Waals surface area contributed by atoms with Gasteiger partial charge in [-0.2, -0.15) is 0 Å². The van der Waals surface area contributed by atoms with Crippen LogP contribution in [0.4, 0.5) is 10.7 Å². The number of primary amides is 1. The normalized spacial score (nSPS) is 10.4. The number of benzene rings is 1. The minimum absolute atomic E-state index is 0.417. The molecule has 0 saturated carbocycles. The summed E-state index contributed by atoms with van der Waals surface area (Å²) >= 11 is 2.82. The summed E-state index contributed by atoms with van der Waals surface area (Å²) in [6, 6.07) is 10.0. The Balaban J connectivity index is 2.20. The maximum absolute atomic E-state index is 11.3. The first-order chi connectivity index (χ1) is 9.13. The van der Waals surface area contributed by atoms with E-state index in [9.17, 15) is 4.79 Å². The lowest BCUT2D eigenvalue weighted by Crippen LogP contribution is -2.10. The minimum Gasteiger partial charge on any atom is -0.396 e. The van der Waals surface area contributed by atoms with Crippen LogP contribution in [-0.4, -0.2) is 12.2 Å². The average Bonchev–Trinajstić information content (AvgIpc) is 2.74. The third-order valence-electron chi connectivity index (χ3n) is 2.62. The van der Waals surface area contributed by atoms with Crippen molar-refractivity contribution in [2.75, 3.05) is 17.3 Å². The molecule has 1 aromatic carbocycles. The second-order valence-electron chi connectivity index (χ2n) is 3.91. The molecule has 1 heterocycles. The molecule has 0 aliphatic carbocycles. The van der Waals surface area contributed by atoms with Crippen LogP contribution in [0.2, 0.25) is 0 Å². The van der Waals surface area contributed by atoms with Crippen LogP contribution < -0.4 is 16.8 Å². The molecule has 2 rings (SSSR count). The van der Waals surface area contributed by atoms with Gasteiger partial charge in [-0.05, 0) is 11.8 Å². The number of nitrogens with one attached hydrogen (secondary N) is 1. The first-order valence-corrected chi connectivity index (χ1v) is 7.71. The van der Waals surface area contributed by atoms with Crippen molar-refractivity contribution in [2.45, 2.75) is 11.4 Å². The fourth-order valence-corrected chi connectivity index (χ4v) is 3.59. The van der Waals surface area contributed by atoms with E-state index in [0.717, 1.165) is 9.90 Å². The van der Waals surface area contributed by atoms with E-state index in [4.69, 9.17) is 11.5 Å².